The van der Waals surface area contributed by atoms with Crippen molar-refractivity contribution in [2.24, 2.45) is 7.05 Å². The number of hydrogen-bond donors (Lipinski definition) is 0. The second-order valence-corrected chi connectivity index (χ2v) is 8.30. The molecule has 0 spiro atoms. The van der Waals surface area contributed by atoms with Crippen LogP contribution in [0.4, 0.5) is 5.69 Å². The molecule has 0 aliphatic heterocycles. The van der Waals surface area contributed by atoms with Gasteiger partial charge in [0.15, 0.2) is 5.52 Å². The maximum atomic E-state index is 7.87. The summed E-state index contributed by atoms with van der Waals surface area (Å²) in [6.07, 6.45) is 1.87. The lowest BCUT2D eigenvalue weighted by Crippen LogP contribution is -2.30. The first-order chi connectivity index (χ1) is 15.2. The second-order valence-electron chi connectivity index (χ2n) is 8.30. The zero-order chi connectivity index (χ0) is 20.9. The second kappa shape index (κ2) is 5.47. The minimum absolute atomic E-state index is 0.658. The highest BCUT2D eigenvalue weighted by molar-refractivity contribution is 6.30. The van der Waals surface area contributed by atoms with Crippen LogP contribution in [0.2, 0.25) is 0 Å². The molecule has 3 aromatic heterocycles. The molecule has 0 saturated carbocycles. The molecule has 144 valence electrons. The summed E-state index contributed by atoms with van der Waals surface area (Å²) in [5, 5.41) is 6.97. The van der Waals surface area contributed by atoms with Crippen molar-refractivity contribution in [2.45, 2.75) is 6.92 Å². The van der Waals surface area contributed by atoms with Crippen molar-refractivity contribution in [1.82, 2.24) is 9.38 Å². The first kappa shape index (κ1) is 16.6. The topological polar surface area (TPSA) is 25.5 Å². The average molecular weight is 397 g/mol. The summed E-state index contributed by atoms with van der Waals surface area (Å²) in [4.78, 5) is 8.62. The van der Waals surface area contributed by atoms with Crippen molar-refractivity contribution in [3.05, 3.63) is 84.0 Å². The Morgan fingerprint density at radius 2 is 1.68 bits per heavy atom. The Hall–Kier alpha value is -4.23. The van der Waals surface area contributed by atoms with Crippen LogP contribution in [0.1, 0.15) is 5.56 Å². The summed E-state index contributed by atoms with van der Waals surface area (Å²) in [6, 6.07) is 21.2. The van der Waals surface area contributed by atoms with Gasteiger partial charge in [-0.2, -0.15) is 0 Å². The van der Waals surface area contributed by atoms with Crippen molar-refractivity contribution < 1.29 is 4.57 Å². The van der Waals surface area contributed by atoms with Gasteiger partial charge in [0, 0.05) is 10.8 Å². The molecule has 7 rings (SSSR count). The summed E-state index contributed by atoms with van der Waals surface area (Å²) in [5.74, 6) is 0. The summed E-state index contributed by atoms with van der Waals surface area (Å²) in [7, 11) is 2.06. The van der Waals surface area contributed by atoms with E-state index in [1.165, 1.54) is 32.8 Å². The Bertz CT molecular complexity index is 1920. The highest BCUT2D eigenvalue weighted by atomic mass is 15.0. The van der Waals surface area contributed by atoms with Gasteiger partial charge >= 0.3 is 0 Å². The number of fused-ring (bicyclic) bond motifs is 7. The molecule has 7 aromatic rings. The molecular weight excluding hydrogens is 380 g/mol. The monoisotopic (exact) mass is 397 g/mol. The number of aryl methyl sites for hydroxylation is 2. The largest absolute Gasteiger partial charge is 0.309 e. The van der Waals surface area contributed by atoms with E-state index in [2.05, 4.69) is 82.4 Å². The molecule has 4 aromatic carbocycles. The zero-order valence-electron chi connectivity index (χ0n) is 17.1. The van der Waals surface area contributed by atoms with Crippen LogP contribution in [0.5, 0.6) is 0 Å². The number of rotatable bonds is 0. The van der Waals surface area contributed by atoms with Crippen LogP contribution >= 0.6 is 0 Å². The quantitative estimate of drug-likeness (QED) is 0.129. The maximum absolute atomic E-state index is 7.87. The van der Waals surface area contributed by atoms with Gasteiger partial charge in [-0.3, -0.25) is 0 Å². The SMILES string of the molecule is [C-]#[N+]c1cc2nc[n+](C)c3c4c(C)c5ccccc5cc4n4c5ccccc5c1c4c23. The first-order valence-electron chi connectivity index (χ1n) is 10.3. The third-order valence-corrected chi connectivity index (χ3v) is 6.74. The minimum Gasteiger partial charge on any atom is -0.309 e. The van der Waals surface area contributed by atoms with Crippen LogP contribution in [-0.2, 0) is 7.05 Å². The number of aromatic nitrogens is 3. The predicted molar refractivity (Wildman–Crippen MR) is 126 cm³/mol. The van der Waals surface area contributed by atoms with E-state index < -0.39 is 0 Å². The van der Waals surface area contributed by atoms with Gasteiger partial charge < -0.3 is 4.40 Å². The van der Waals surface area contributed by atoms with Crippen molar-refractivity contribution >= 4 is 65.6 Å². The molecule has 0 aliphatic carbocycles. The normalized spacial score (nSPS) is 12.2. The standard InChI is InChI=1S/C27H17N4/c1-15-17-9-5-4-8-16(17)12-22-23(15)26-25-20(29-14-30(26)3)13-19(28-2)24-18-10-6-7-11-21(18)31(22)27(24)25/h4-14H,1,3H3/q+1. The minimum atomic E-state index is 0.658. The fourth-order valence-electron chi connectivity index (χ4n) is 5.47. The Kier molecular flexibility index (Phi) is 2.92. The van der Waals surface area contributed by atoms with Crippen LogP contribution < -0.4 is 4.57 Å². The number of benzene rings is 4. The molecule has 0 radical (unpaired) electrons. The van der Waals surface area contributed by atoms with Crippen molar-refractivity contribution in [3.63, 3.8) is 0 Å². The zero-order valence-corrected chi connectivity index (χ0v) is 17.1. The third kappa shape index (κ3) is 1.85. The van der Waals surface area contributed by atoms with Gasteiger partial charge in [-0.05, 0) is 46.8 Å². The molecule has 0 bridgehead atoms. The van der Waals surface area contributed by atoms with Gasteiger partial charge in [-0.25, -0.2) is 9.41 Å². The molecule has 31 heavy (non-hydrogen) atoms. The predicted octanol–water partition coefficient (Wildman–Crippen LogP) is 6.22. The van der Waals surface area contributed by atoms with Crippen molar-refractivity contribution in [1.29, 1.82) is 0 Å². The van der Waals surface area contributed by atoms with E-state index in [0.717, 1.165) is 32.7 Å². The van der Waals surface area contributed by atoms with Crippen LogP contribution in [0, 0.1) is 13.5 Å². The molecule has 0 unspecified atom stereocenters. The Labute approximate surface area is 177 Å². The highest BCUT2D eigenvalue weighted by Gasteiger charge is 2.26. The number of pyridine rings is 1. The van der Waals surface area contributed by atoms with Crippen LogP contribution in [0.25, 0.3) is 64.7 Å². The number of nitrogens with zero attached hydrogens (tertiary/aromatic N) is 4. The van der Waals surface area contributed by atoms with Gasteiger partial charge in [-0.15, -0.1) is 0 Å². The fraction of sp³-hybridized carbons (Fsp3) is 0.0741. The average Bonchev–Trinajstić information content (AvgIpc) is 3.15. The molecule has 0 fully saturated rings. The van der Waals surface area contributed by atoms with Gasteiger partial charge in [0.1, 0.15) is 5.52 Å². The molecule has 0 amide bonds. The van der Waals surface area contributed by atoms with Gasteiger partial charge in [-0.1, -0.05) is 47.4 Å². The summed E-state index contributed by atoms with van der Waals surface area (Å²) >= 11 is 0. The number of para-hydroxylation sites is 1. The molecule has 4 heteroatoms. The Morgan fingerprint density at radius 1 is 0.903 bits per heavy atom. The summed E-state index contributed by atoms with van der Waals surface area (Å²) in [5.41, 5.74) is 7.34. The first-order valence-corrected chi connectivity index (χ1v) is 10.3. The molecule has 0 aliphatic rings. The Morgan fingerprint density at radius 3 is 2.52 bits per heavy atom. The van der Waals surface area contributed by atoms with E-state index >= 15 is 0 Å². The third-order valence-electron chi connectivity index (χ3n) is 6.74. The molecule has 0 N–H and O–H groups in total. The summed E-state index contributed by atoms with van der Waals surface area (Å²) < 4.78 is 4.48. The Balaban J connectivity index is 2.00. The van der Waals surface area contributed by atoms with E-state index in [1.807, 2.05) is 12.4 Å². The lowest BCUT2D eigenvalue weighted by molar-refractivity contribution is -0.646. The lowest BCUT2D eigenvalue weighted by Gasteiger charge is -2.15. The fourth-order valence-corrected chi connectivity index (χ4v) is 5.47. The lowest BCUT2D eigenvalue weighted by atomic mass is 9.96. The highest BCUT2D eigenvalue weighted by Crippen LogP contribution is 2.45. The van der Waals surface area contributed by atoms with Crippen LogP contribution in [-0.4, -0.2) is 9.38 Å². The molecule has 4 nitrogen and oxygen atoms in total. The van der Waals surface area contributed by atoms with E-state index in [9.17, 15) is 0 Å². The van der Waals surface area contributed by atoms with Crippen molar-refractivity contribution in [3.8, 4) is 0 Å². The van der Waals surface area contributed by atoms with E-state index in [-0.39, 0.29) is 0 Å². The van der Waals surface area contributed by atoms with E-state index in [1.54, 1.807) is 0 Å². The molecule has 3 heterocycles. The van der Waals surface area contributed by atoms with Gasteiger partial charge in [0.05, 0.1) is 35.6 Å². The molecule has 0 atom stereocenters. The molecular formula is C27H17N4+. The summed E-state index contributed by atoms with van der Waals surface area (Å²) in [6.45, 7) is 10.1. The smallest absolute Gasteiger partial charge is 0.287 e. The van der Waals surface area contributed by atoms with Crippen molar-refractivity contribution in [2.75, 3.05) is 0 Å². The van der Waals surface area contributed by atoms with E-state index in [4.69, 9.17) is 11.6 Å². The van der Waals surface area contributed by atoms with Gasteiger partial charge in [0.25, 0.3) is 6.33 Å². The molecule has 0 saturated heterocycles. The van der Waals surface area contributed by atoms with Crippen LogP contribution in [0.15, 0.2) is 67.0 Å². The van der Waals surface area contributed by atoms with Crippen LogP contribution in [0.3, 0.4) is 0 Å². The number of hydrogen-bond acceptors (Lipinski definition) is 1. The van der Waals surface area contributed by atoms with Gasteiger partial charge in [0.2, 0.25) is 5.69 Å². The maximum Gasteiger partial charge on any atom is 0.287 e. The van der Waals surface area contributed by atoms with E-state index in [0.29, 0.717) is 5.69 Å².